The molecule has 0 aromatic heterocycles. The average molecular weight is 292 g/mol. The van der Waals surface area contributed by atoms with Gasteiger partial charge in [0.1, 0.15) is 10.7 Å². The Morgan fingerprint density at radius 2 is 2.05 bits per heavy atom. The minimum Gasteiger partial charge on any atom is -0.494 e. The summed E-state index contributed by atoms with van der Waals surface area (Å²) in [7, 11) is 2.20. The Bertz CT molecular complexity index is 446. The van der Waals surface area contributed by atoms with Crippen LogP contribution in [0.25, 0.3) is 0 Å². The van der Waals surface area contributed by atoms with Crippen LogP contribution in [0.3, 0.4) is 0 Å². The van der Waals surface area contributed by atoms with E-state index in [-0.39, 0.29) is 0 Å². The minimum absolute atomic E-state index is 0.424. The third-order valence-corrected chi connectivity index (χ3v) is 4.15. The van der Waals surface area contributed by atoms with Gasteiger partial charge in [0.2, 0.25) is 0 Å². The van der Waals surface area contributed by atoms with Crippen molar-refractivity contribution in [1.29, 1.82) is 0 Å². The van der Waals surface area contributed by atoms with Crippen LogP contribution >= 0.6 is 12.2 Å². The summed E-state index contributed by atoms with van der Waals surface area (Å²) in [5.74, 6) is 2.73. The molecule has 0 bridgehead atoms. The Hall–Kier alpha value is -1.13. The molecule has 2 unspecified atom stereocenters. The fourth-order valence-corrected chi connectivity index (χ4v) is 2.52. The zero-order chi connectivity index (χ0) is 14.5. The predicted octanol–water partition coefficient (Wildman–Crippen LogP) is 2.68. The summed E-state index contributed by atoms with van der Waals surface area (Å²) in [4.78, 5) is 2.83. The highest BCUT2D eigenvalue weighted by Gasteiger charge is 2.32. The molecule has 20 heavy (non-hydrogen) atoms. The number of benzene rings is 1. The summed E-state index contributed by atoms with van der Waals surface area (Å²) in [6, 6.07) is 7.64. The quantitative estimate of drug-likeness (QED) is 0.590. The molecule has 0 radical (unpaired) electrons. The summed E-state index contributed by atoms with van der Waals surface area (Å²) in [6.45, 7) is 5.40. The molecule has 4 heteroatoms. The predicted molar refractivity (Wildman–Crippen MR) is 87.2 cm³/mol. The van der Waals surface area contributed by atoms with Crippen molar-refractivity contribution in [2.45, 2.75) is 19.8 Å². The fourth-order valence-electron chi connectivity index (χ4n) is 2.38. The largest absolute Gasteiger partial charge is 0.494 e. The first-order valence-corrected chi connectivity index (χ1v) is 7.68. The van der Waals surface area contributed by atoms with Crippen molar-refractivity contribution >= 4 is 17.2 Å². The lowest BCUT2D eigenvalue weighted by atomic mass is 10.2. The fraction of sp³-hybridized carbons (Fsp3) is 0.562. The molecule has 1 aliphatic carbocycles. The van der Waals surface area contributed by atoms with Gasteiger partial charge in [0.25, 0.3) is 0 Å². The third-order valence-electron chi connectivity index (χ3n) is 3.91. The molecule has 1 aromatic rings. The molecule has 0 saturated heterocycles. The van der Waals surface area contributed by atoms with Gasteiger partial charge in [-0.2, -0.15) is 0 Å². The Morgan fingerprint density at radius 3 is 2.60 bits per heavy atom. The molecule has 0 heterocycles. The standard InChI is InChI=1S/C16H24N2OS/c1-12-10-14(12)11-18(2)8-3-9-19-15-6-4-13(5-7-15)16(17)20/h4-7,12,14H,3,8-11H2,1-2H3,(H2,17,20). The molecule has 1 saturated carbocycles. The number of rotatable bonds is 8. The first-order valence-electron chi connectivity index (χ1n) is 7.27. The van der Waals surface area contributed by atoms with Crippen LogP contribution in [0.15, 0.2) is 24.3 Å². The van der Waals surface area contributed by atoms with Crippen molar-refractivity contribution in [2.24, 2.45) is 17.6 Å². The van der Waals surface area contributed by atoms with E-state index in [0.717, 1.165) is 42.7 Å². The van der Waals surface area contributed by atoms with Crippen LogP contribution in [0.1, 0.15) is 25.3 Å². The smallest absolute Gasteiger partial charge is 0.119 e. The van der Waals surface area contributed by atoms with E-state index in [1.165, 1.54) is 13.0 Å². The van der Waals surface area contributed by atoms with Gasteiger partial charge < -0.3 is 15.4 Å². The van der Waals surface area contributed by atoms with Gasteiger partial charge >= 0.3 is 0 Å². The number of ether oxygens (including phenoxy) is 1. The second-order valence-corrected chi connectivity index (χ2v) is 6.27. The molecule has 2 rings (SSSR count). The van der Waals surface area contributed by atoms with Gasteiger partial charge in [-0.1, -0.05) is 19.1 Å². The highest BCUT2D eigenvalue weighted by Crippen LogP contribution is 2.37. The van der Waals surface area contributed by atoms with Crippen LogP contribution in [0, 0.1) is 11.8 Å². The highest BCUT2D eigenvalue weighted by atomic mass is 32.1. The second kappa shape index (κ2) is 7.04. The van der Waals surface area contributed by atoms with Crippen molar-refractivity contribution in [3.8, 4) is 5.75 Å². The molecule has 1 aromatic carbocycles. The summed E-state index contributed by atoms with van der Waals surface area (Å²) < 4.78 is 5.72. The lowest BCUT2D eigenvalue weighted by Crippen LogP contribution is -2.24. The Labute approximate surface area is 127 Å². The van der Waals surface area contributed by atoms with Crippen molar-refractivity contribution < 1.29 is 4.74 Å². The van der Waals surface area contributed by atoms with Crippen LogP contribution in [0.4, 0.5) is 0 Å². The Morgan fingerprint density at radius 1 is 1.40 bits per heavy atom. The van der Waals surface area contributed by atoms with E-state index in [9.17, 15) is 0 Å². The summed E-state index contributed by atoms with van der Waals surface area (Å²) in [5, 5.41) is 0. The lowest BCUT2D eigenvalue weighted by molar-refractivity contribution is 0.256. The average Bonchev–Trinajstić information content (AvgIpc) is 3.10. The van der Waals surface area contributed by atoms with Gasteiger partial charge in [-0.3, -0.25) is 0 Å². The minimum atomic E-state index is 0.424. The van der Waals surface area contributed by atoms with Crippen molar-refractivity contribution in [3.05, 3.63) is 29.8 Å². The van der Waals surface area contributed by atoms with E-state index >= 15 is 0 Å². The Balaban J connectivity index is 1.61. The molecular formula is C16H24N2OS. The normalized spacial score (nSPS) is 20.9. The first kappa shape index (κ1) is 15.3. The van der Waals surface area contributed by atoms with Crippen LogP contribution in [0.2, 0.25) is 0 Å². The number of hydrogen-bond acceptors (Lipinski definition) is 3. The molecule has 0 spiro atoms. The monoisotopic (exact) mass is 292 g/mol. The summed E-state index contributed by atoms with van der Waals surface area (Å²) in [5.41, 5.74) is 6.44. The molecule has 3 nitrogen and oxygen atoms in total. The molecule has 1 fully saturated rings. The SMILES string of the molecule is CC1CC1CN(C)CCCOc1ccc(C(N)=S)cc1. The van der Waals surface area contributed by atoms with E-state index in [1.807, 2.05) is 24.3 Å². The van der Waals surface area contributed by atoms with Crippen molar-refractivity contribution in [3.63, 3.8) is 0 Å². The summed E-state index contributed by atoms with van der Waals surface area (Å²) >= 11 is 4.92. The van der Waals surface area contributed by atoms with E-state index < -0.39 is 0 Å². The van der Waals surface area contributed by atoms with Crippen LogP contribution in [-0.4, -0.2) is 36.6 Å². The van der Waals surface area contributed by atoms with Gasteiger partial charge in [-0.25, -0.2) is 0 Å². The van der Waals surface area contributed by atoms with Gasteiger partial charge in [0, 0.05) is 18.7 Å². The molecular weight excluding hydrogens is 268 g/mol. The maximum atomic E-state index is 5.72. The number of nitrogens with two attached hydrogens (primary N) is 1. The van der Waals surface area contributed by atoms with Crippen LogP contribution in [-0.2, 0) is 0 Å². The second-order valence-electron chi connectivity index (χ2n) is 5.83. The van der Waals surface area contributed by atoms with Gasteiger partial charge in [-0.15, -0.1) is 0 Å². The van der Waals surface area contributed by atoms with E-state index in [4.69, 9.17) is 22.7 Å². The topological polar surface area (TPSA) is 38.5 Å². The number of nitrogens with zero attached hydrogens (tertiary/aromatic N) is 1. The number of hydrogen-bond donors (Lipinski definition) is 1. The third kappa shape index (κ3) is 4.76. The van der Waals surface area contributed by atoms with Gasteiger partial charge in [0.15, 0.2) is 0 Å². The van der Waals surface area contributed by atoms with Gasteiger partial charge in [0.05, 0.1) is 6.61 Å². The zero-order valence-corrected chi connectivity index (χ0v) is 13.2. The first-order chi connectivity index (χ1) is 9.56. The van der Waals surface area contributed by atoms with E-state index in [2.05, 4.69) is 18.9 Å². The lowest BCUT2D eigenvalue weighted by Gasteiger charge is -2.16. The van der Waals surface area contributed by atoms with Gasteiger partial charge in [-0.05, 0) is 56.0 Å². The van der Waals surface area contributed by atoms with E-state index in [1.54, 1.807) is 0 Å². The number of thiocarbonyl (C=S) groups is 1. The van der Waals surface area contributed by atoms with Crippen LogP contribution in [0.5, 0.6) is 5.75 Å². The molecule has 2 N–H and O–H groups in total. The molecule has 1 aliphatic rings. The zero-order valence-electron chi connectivity index (χ0n) is 12.3. The molecule has 0 amide bonds. The van der Waals surface area contributed by atoms with E-state index in [0.29, 0.717) is 4.99 Å². The van der Waals surface area contributed by atoms with Crippen LogP contribution < -0.4 is 10.5 Å². The van der Waals surface area contributed by atoms with Crippen molar-refractivity contribution in [2.75, 3.05) is 26.7 Å². The highest BCUT2D eigenvalue weighted by molar-refractivity contribution is 7.80. The Kier molecular flexibility index (Phi) is 5.38. The molecule has 2 atom stereocenters. The van der Waals surface area contributed by atoms with Crippen molar-refractivity contribution in [1.82, 2.24) is 4.90 Å². The maximum absolute atomic E-state index is 5.72. The maximum Gasteiger partial charge on any atom is 0.119 e. The molecule has 110 valence electrons. The molecule has 0 aliphatic heterocycles. The summed E-state index contributed by atoms with van der Waals surface area (Å²) in [6.07, 6.45) is 2.45.